The fourth-order valence-corrected chi connectivity index (χ4v) is 3.06. The second-order valence-corrected chi connectivity index (χ2v) is 5.95. The molecule has 0 amide bonds. The molecular formula is C14H9Cl2IN2. The quantitative estimate of drug-likeness (QED) is 0.434. The van der Waals surface area contributed by atoms with Crippen molar-refractivity contribution < 1.29 is 0 Å². The van der Waals surface area contributed by atoms with Gasteiger partial charge < -0.3 is 0 Å². The topological polar surface area (TPSA) is 17.8 Å². The summed E-state index contributed by atoms with van der Waals surface area (Å²) < 4.78 is 3.21. The Morgan fingerprint density at radius 3 is 2.68 bits per heavy atom. The van der Waals surface area contributed by atoms with Gasteiger partial charge in [0, 0.05) is 8.59 Å². The molecule has 2 nitrogen and oxygen atoms in total. The largest absolute Gasteiger partial charge is 0.294 e. The highest BCUT2D eigenvalue weighted by Crippen LogP contribution is 2.27. The zero-order valence-electron chi connectivity index (χ0n) is 9.78. The SMILES string of the molecule is ClCc1nc2ccc(Cl)cc2n1-c1ccccc1I. The summed E-state index contributed by atoms with van der Waals surface area (Å²) in [5, 5.41) is 0.695. The zero-order valence-corrected chi connectivity index (χ0v) is 13.4. The van der Waals surface area contributed by atoms with Crippen LogP contribution in [0.15, 0.2) is 42.5 Å². The summed E-state index contributed by atoms with van der Waals surface area (Å²) >= 11 is 14.4. The summed E-state index contributed by atoms with van der Waals surface area (Å²) in [5.41, 5.74) is 2.95. The van der Waals surface area contributed by atoms with Crippen LogP contribution in [0.4, 0.5) is 0 Å². The first kappa shape index (κ1) is 13.2. The van der Waals surface area contributed by atoms with Gasteiger partial charge in [-0.3, -0.25) is 4.57 Å². The van der Waals surface area contributed by atoms with Gasteiger partial charge in [0.2, 0.25) is 0 Å². The lowest BCUT2D eigenvalue weighted by molar-refractivity contribution is 0.977. The molecule has 0 fully saturated rings. The molecule has 96 valence electrons. The van der Waals surface area contributed by atoms with Crippen LogP contribution in [-0.2, 0) is 5.88 Å². The highest BCUT2D eigenvalue weighted by atomic mass is 127. The van der Waals surface area contributed by atoms with Crippen molar-refractivity contribution in [2.24, 2.45) is 0 Å². The smallest absolute Gasteiger partial charge is 0.129 e. The number of benzene rings is 2. The maximum atomic E-state index is 6.09. The Hall–Kier alpha value is -0.780. The molecule has 0 bridgehead atoms. The highest BCUT2D eigenvalue weighted by molar-refractivity contribution is 14.1. The van der Waals surface area contributed by atoms with Gasteiger partial charge in [-0.2, -0.15) is 0 Å². The first-order valence-corrected chi connectivity index (χ1v) is 7.67. The van der Waals surface area contributed by atoms with Crippen LogP contribution in [0.25, 0.3) is 16.7 Å². The molecule has 0 aliphatic heterocycles. The number of halogens is 3. The average molecular weight is 403 g/mol. The van der Waals surface area contributed by atoms with Crippen molar-refractivity contribution in [3.05, 3.63) is 56.9 Å². The minimum absolute atomic E-state index is 0.358. The van der Waals surface area contributed by atoms with Crippen LogP contribution >= 0.6 is 45.8 Å². The Kier molecular flexibility index (Phi) is 3.69. The standard InChI is InChI=1S/C14H9Cl2IN2/c15-8-14-18-11-6-5-9(16)7-13(11)19(14)12-4-2-1-3-10(12)17/h1-7H,8H2. The number of fused-ring (bicyclic) bond motifs is 1. The summed E-state index contributed by atoms with van der Waals surface area (Å²) in [6.45, 7) is 0. The molecule has 5 heteroatoms. The third kappa shape index (κ3) is 2.35. The second-order valence-electron chi connectivity index (χ2n) is 4.08. The first-order chi connectivity index (χ1) is 9.20. The van der Waals surface area contributed by atoms with Crippen LogP contribution in [0.3, 0.4) is 0 Å². The number of alkyl halides is 1. The van der Waals surface area contributed by atoms with Gasteiger partial charge >= 0.3 is 0 Å². The minimum atomic E-state index is 0.358. The van der Waals surface area contributed by atoms with Crippen molar-refractivity contribution in [3.63, 3.8) is 0 Å². The molecule has 3 rings (SSSR count). The molecule has 0 saturated carbocycles. The van der Waals surface area contributed by atoms with Gasteiger partial charge in [0.05, 0.1) is 22.6 Å². The van der Waals surface area contributed by atoms with Gasteiger partial charge in [-0.25, -0.2) is 4.98 Å². The fourth-order valence-electron chi connectivity index (χ4n) is 2.09. The second kappa shape index (κ2) is 5.31. The van der Waals surface area contributed by atoms with E-state index >= 15 is 0 Å². The molecule has 0 saturated heterocycles. The van der Waals surface area contributed by atoms with Gasteiger partial charge in [-0.1, -0.05) is 23.7 Å². The van der Waals surface area contributed by atoms with E-state index in [1.54, 1.807) is 0 Å². The van der Waals surface area contributed by atoms with Gasteiger partial charge in [0.25, 0.3) is 0 Å². The Bertz CT molecular complexity index is 752. The van der Waals surface area contributed by atoms with Crippen molar-refractivity contribution in [2.75, 3.05) is 0 Å². The molecule has 0 unspecified atom stereocenters. The van der Waals surface area contributed by atoms with E-state index in [0.29, 0.717) is 10.9 Å². The third-order valence-corrected chi connectivity index (χ3v) is 4.29. The van der Waals surface area contributed by atoms with Crippen molar-refractivity contribution in [2.45, 2.75) is 5.88 Å². The van der Waals surface area contributed by atoms with Crippen molar-refractivity contribution in [1.29, 1.82) is 0 Å². The number of aromatic nitrogens is 2. The molecule has 1 heterocycles. The summed E-state index contributed by atoms with van der Waals surface area (Å²) in [7, 11) is 0. The predicted octanol–water partition coefficient (Wildman–Crippen LogP) is 5.02. The van der Waals surface area contributed by atoms with Crippen molar-refractivity contribution >= 4 is 56.8 Å². The molecule has 0 N–H and O–H groups in total. The monoisotopic (exact) mass is 402 g/mol. The van der Waals surface area contributed by atoms with Crippen LogP contribution < -0.4 is 0 Å². The number of hydrogen-bond donors (Lipinski definition) is 0. The van der Waals surface area contributed by atoms with E-state index in [1.165, 1.54) is 0 Å². The van der Waals surface area contributed by atoms with E-state index in [2.05, 4.69) is 44.3 Å². The summed E-state index contributed by atoms with van der Waals surface area (Å²) in [4.78, 5) is 4.56. The van der Waals surface area contributed by atoms with E-state index in [1.807, 2.05) is 30.3 Å². The van der Waals surface area contributed by atoms with Crippen LogP contribution in [0.5, 0.6) is 0 Å². The lowest BCUT2D eigenvalue weighted by Crippen LogP contribution is -2.01. The molecule has 0 radical (unpaired) electrons. The summed E-state index contributed by atoms with van der Waals surface area (Å²) in [6.07, 6.45) is 0. The van der Waals surface area contributed by atoms with Crippen LogP contribution in [0, 0.1) is 3.57 Å². The van der Waals surface area contributed by atoms with E-state index < -0.39 is 0 Å². The van der Waals surface area contributed by atoms with Crippen molar-refractivity contribution in [1.82, 2.24) is 9.55 Å². The first-order valence-electron chi connectivity index (χ1n) is 5.68. The molecule has 0 aliphatic carbocycles. The molecule has 3 aromatic rings. The van der Waals surface area contributed by atoms with E-state index in [4.69, 9.17) is 23.2 Å². The van der Waals surface area contributed by atoms with E-state index in [9.17, 15) is 0 Å². The summed E-state index contributed by atoms with van der Waals surface area (Å²) in [5.74, 6) is 1.18. The Morgan fingerprint density at radius 2 is 1.95 bits per heavy atom. The average Bonchev–Trinajstić information content (AvgIpc) is 2.77. The molecular weight excluding hydrogens is 394 g/mol. The van der Waals surface area contributed by atoms with E-state index in [-0.39, 0.29) is 0 Å². The molecule has 1 aromatic heterocycles. The fraction of sp³-hybridized carbons (Fsp3) is 0.0714. The van der Waals surface area contributed by atoms with Gasteiger partial charge in [-0.15, -0.1) is 11.6 Å². The van der Waals surface area contributed by atoms with Gasteiger partial charge in [-0.05, 0) is 52.9 Å². The molecule has 2 aromatic carbocycles. The Labute approximate surface area is 134 Å². The normalized spacial score (nSPS) is 11.1. The lowest BCUT2D eigenvalue weighted by atomic mass is 10.3. The maximum Gasteiger partial charge on any atom is 0.129 e. The molecule has 0 aliphatic rings. The third-order valence-electron chi connectivity index (χ3n) is 2.90. The maximum absolute atomic E-state index is 6.09. The number of rotatable bonds is 2. The molecule has 19 heavy (non-hydrogen) atoms. The number of hydrogen-bond acceptors (Lipinski definition) is 1. The minimum Gasteiger partial charge on any atom is -0.294 e. The van der Waals surface area contributed by atoms with Gasteiger partial charge in [0.1, 0.15) is 5.82 Å². The molecule has 0 atom stereocenters. The molecule has 0 spiro atoms. The Balaban J connectivity index is 2.38. The number of nitrogens with zero attached hydrogens (tertiary/aromatic N) is 2. The van der Waals surface area contributed by atoms with E-state index in [0.717, 1.165) is 26.1 Å². The lowest BCUT2D eigenvalue weighted by Gasteiger charge is -2.09. The van der Waals surface area contributed by atoms with Gasteiger partial charge in [0.15, 0.2) is 0 Å². The highest BCUT2D eigenvalue weighted by Gasteiger charge is 2.13. The number of para-hydroxylation sites is 1. The predicted molar refractivity (Wildman–Crippen MR) is 88.4 cm³/mol. The van der Waals surface area contributed by atoms with Crippen LogP contribution in [-0.4, -0.2) is 9.55 Å². The Morgan fingerprint density at radius 1 is 1.16 bits per heavy atom. The van der Waals surface area contributed by atoms with Crippen molar-refractivity contribution in [3.8, 4) is 5.69 Å². The zero-order chi connectivity index (χ0) is 13.4. The van der Waals surface area contributed by atoms with Crippen LogP contribution in [0.2, 0.25) is 5.02 Å². The van der Waals surface area contributed by atoms with Crippen LogP contribution in [0.1, 0.15) is 5.82 Å². The summed E-state index contributed by atoms with van der Waals surface area (Å²) in [6, 6.07) is 13.8. The number of imidazole rings is 1.